The van der Waals surface area contributed by atoms with E-state index in [1.165, 1.54) is 16.5 Å². The molecule has 0 saturated carbocycles. The number of unbranched alkanes of at least 4 members (excludes halogenated alkanes) is 1. The molecule has 1 aliphatic rings. The van der Waals surface area contributed by atoms with E-state index in [0.717, 1.165) is 76.1 Å². The molecule has 0 atom stereocenters. The Morgan fingerprint density at radius 3 is 2.89 bits per heavy atom. The third-order valence-electron chi connectivity index (χ3n) is 6.64. The van der Waals surface area contributed by atoms with Gasteiger partial charge in [-0.2, -0.15) is 5.10 Å². The Bertz CT molecular complexity index is 1650. The standard InChI is InChI=1S/C30H28N6/c1-3-4-8-19(2)33-22-13-21(16-31-17-22)27-15-25-29(18-32-27)35-36-30(25)28-14-24-23(20-9-5-6-10-20)11-7-12-26(24)34-28/h5,7,9-18,33-34H,2-4,6,8H2,1H3,(H,35,36). The minimum absolute atomic E-state index is 0.846. The van der Waals surface area contributed by atoms with E-state index in [4.69, 9.17) is 0 Å². The van der Waals surface area contributed by atoms with Crippen LogP contribution >= 0.6 is 0 Å². The molecule has 3 N–H and O–H groups in total. The van der Waals surface area contributed by atoms with Crippen LogP contribution in [0.25, 0.3) is 50.0 Å². The van der Waals surface area contributed by atoms with Crippen LogP contribution in [-0.4, -0.2) is 25.1 Å². The summed E-state index contributed by atoms with van der Waals surface area (Å²) in [6, 6.07) is 12.7. The maximum atomic E-state index is 4.68. The number of H-pyrrole nitrogens is 2. The molecule has 0 saturated heterocycles. The van der Waals surface area contributed by atoms with Gasteiger partial charge in [0.1, 0.15) is 5.69 Å². The molecule has 0 bridgehead atoms. The molecule has 0 amide bonds. The second-order valence-electron chi connectivity index (χ2n) is 9.23. The highest BCUT2D eigenvalue weighted by Gasteiger charge is 2.15. The molecule has 0 radical (unpaired) electrons. The Labute approximate surface area is 209 Å². The van der Waals surface area contributed by atoms with Gasteiger partial charge in [-0.3, -0.25) is 15.1 Å². The van der Waals surface area contributed by atoms with Crippen LogP contribution in [0.1, 0.15) is 38.2 Å². The van der Waals surface area contributed by atoms with Crippen molar-refractivity contribution in [2.24, 2.45) is 0 Å². The molecule has 36 heavy (non-hydrogen) atoms. The summed E-state index contributed by atoms with van der Waals surface area (Å²) in [7, 11) is 0. The van der Waals surface area contributed by atoms with Gasteiger partial charge in [-0.1, -0.05) is 50.3 Å². The summed E-state index contributed by atoms with van der Waals surface area (Å²) in [5.41, 5.74) is 10.1. The quantitative estimate of drug-likeness (QED) is 0.217. The summed E-state index contributed by atoms with van der Waals surface area (Å²) in [4.78, 5) is 12.7. The van der Waals surface area contributed by atoms with Gasteiger partial charge >= 0.3 is 0 Å². The van der Waals surface area contributed by atoms with Gasteiger partial charge in [-0.05, 0) is 54.7 Å². The number of nitrogens with one attached hydrogen (secondary N) is 3. The van der Waals surface area contributed by atoms with Gasteiger partial charge in [0.2, 0.25) is 0 Å². The van der Waals surface area contributed by atoms with Crippen molar-refractivity contribution in [1.29, 1.82) is 0 Å². The van der Waals surface area contributed by atoms with Crippen LogP contribution < -0.4 is 5.32 Å². The van der Waals surface area contributed by atoms with Gasteiger partial charge < -0.3 is 10.3 Å². The Balaban J connectivity index is 1.36. The predicted molar refractivity (Wildman–Crippen MR) is 148 cm³/mol. The number of aromatic amines is 2. The van der Waals surface area contributed by atoms with Gasteiger partial charge in [0, 0.05) is 33.7 Å². The largest absolute Gasteiger partial charge is 0.358 e. The fourth-order valence-corrected chi connectivity index (χ4v) is 4.78. The van der Waals surface area contributed by atoms with E-state index in [0.29, 0.717) is 0 Å². The molecule has 6 nitrogen and oxygen atoms in total. The number of nitrogens with zero attached hydrogens (tertiary/aromatic N) is 3. The van der Waals surface area contributed by atoms with Crippen molar-refractivity contribution in [2.75, 3.05) is 5.32 Å². The van der Waals surface area contributed by atoms with E-state index < -0.39 is 0 Å². The minimum Gasteiger partial charge on any atom is -0.358 e. The number of hydrogen-bond donors (Lipinski definition) is 3. The minimum atomic E-state index is 0.846. The van der Waals surface area contributed by atoms with Crippen LogP contribution in [-0.2, 0) is 0 Å². The van der Waals surface area contributed by atoms with Crippen LogP contribution in [0.5, 0.6) is 0 Å². The summed E-state index contributed by atoms with van der Waals surface area (Å²) < 4.78 is 0. The van der Waals surface area contributed by atoms with Crippen molar-refractivity contribution >= 4 is 33.1 Å². The fourth-order valence-electron chi connectivity index (χ4n) is 4.78. The first-order chi connectivity index (χ1) is 17.7. The lowest BCUT2D eigenvalue weighted by Crippen LogP contribution is -1.99. The number of benzene rings is 1. The maximum Gasteiger partial charge on any atom is 0.116 e. The van der Waals surface area contributed by atoms with Crippen LogP contribution in [0.15, 0.2) is 85.5 Å². The number of hydrogen-bond acceptors (Lipinski definition) is 4. The molecule has 4 aromatic heterocycles. The lowest BCUT2D eigenvalue weighted by Gasteiger charge is -2.10. The molecule has 1 aliphatic carbocycles. The highest BCUT2D eigenvalue weighted by atomic mass is 15.1. The summed E-state index contributed by atoms with van der Waals surface area (Å²) in [5, 5.41) is 13.4. The van der Waals surface area contributed by atoms with E-state index in [-0.39, 0.29) is 0 Å². The van der Waals surface area contributed by atoms with E-state index in [9.17, 15) is 0 Å². The SMILES string of the molecule is C=C(CCCC)Nc1cncc(-c2cc3c(-c4cc5c(C6=CCC=C6)cccc5[nH]4)n[nH]c3cn2)c1. The zero-order chi connectivity index (χ0) is 24.5. The first-order valence-corrected chi connectivity index (χ1v) is 12.4. The van der Waals surface area contributed by atoms with E-state index in [2.05, 4.69) is 98.6 Å². The molecule has 0 fully saturated rings. The van der Waals surface area contributed by atoms with E-state index in [1.807, 2.05) is 18.6 Å². The van der Waals surface area contributed by atoms with Crippen molar-refractivity contribution in [3.63, 3.8) is 0 Å². The molecule has 0 aliphatic heterocycles. The van der Waals surface area contributed by atoms with Crippen molar-refractivity contribution in [3.8, 4) is 22.6 Å². The van der Waals surface area contributed by atoms with Crippen LogP contribution in [0.3, 0.4) is 0 Å². The number of aromatic nitrogens is 5. The van der Waals surface area contributed by atoms with Gasteiger partial charge in [0.25, 0.3) is 0 Å². The monoisotopic (exact) mass is 472 g/mol. The first-order valence-electron chi connectivity index (χ1n) is 12.4. The Morgan fingerprint density at radius 1 is 1.08 bits per heavy atom. The average molecular weight is 473 g/mol. The summed E-state index contributed by atoms with van der Waals surface area (Å²) in [5.74, 6) is 0. The van der Waals surface area contributed by atoms with E-state index >= 15 is 0 Å². The van der Waals surface area contributed by atoms with Gasteiger partial charge in [-0.25, -0.2) is 0 Å². The normalized spacial score (nSPS) is 13.0. The van der Waals surface area contributed by atoms with Gasteiger partial charge in [0.15, 0.2) is 0 Å². The Hall–Kier alpha value is -4.45. The third kappa shape index (κ3) is 4.11. The molecule has 6 rings (SSSR count). The topological polar surface area (TPSA) is 82.3 Å². The highest BCUT2D eigenvalue weighted by molar-refractivity contribution is 6.01. The number of rotatable bonds is 8. The molecule has 5 aromatic rings. The molecule has 4 heterocycles. The molecular weight excluding hydrogens is 444 g/mol. The van der Waals surface area contributed by atoms with Gasteiger partial charge in [0.05, 0.1) is 35.0 Å². The van der Waals surface area contributed by atoms with Crippen LogP contribution in [0.2, 0.25) is 0 Å². The third-order valence-corrected chi connectivity index (χ3v) is 6.64. The van der Waals surface area contributed by atoms with Crippen molar-refractivity contribution in [3.05, 3.63) is 91.1 Å². The maximum absolute atomic E-state index is 4.68. The first kappa shape index (κ1) is 22.0. The fraction of sp³-hybridized carbons (Fsp3) is 0.167. The summed E-state index contributed by atoms with van der Waals surface area (Å²) in [6.07, 6.45) is 16.3. The van der Waals surface area contributed by atoms with Crippen LogP contribution in [0, 0.1) is 0 Å². The summed E-state index contributed by atoms with van der Waals surface area (Å²) in [6.45, 7) is 6.32. The molecular formula is C30H28N6. The van der Waals surface area contributed by atoms with Crippen LogP contribution in [0.4, 0.5) is 5.69 Å². The zero-order valence-electron chi connectivity index (χ0n) is 20.3. The van der Waals surface area contributed by atoms with Crippen molar-refractivity contribution in [1.82, 2.24) is 25.1 Å². The van der Waals surface area contributed by atoms with Crippen molar-refractivity contribution in [2.45, 2.75) is 32.6 Å². The molecule has 1 aromatic carbocycles. The Morgan fingerprint density at radius 2 is 2.03 bits per heavy atom. The number of anilines is 1. The highest BCUT2D eigenvalue weighted by Crippen LogP contribution is 2.34. The number of allylic oxidation sites excluding steroid dienone is 5. The molecule has 0 spiro atoms. The number of pyridine rings is 2. The van der Waals surface area contributed by atoms with E-state index in [1.54, 1.807) is 0 Å². The van der Waals surface area contributed by atoms with Crippen molar-refractivity contribution < 1.29 is 0 Å². The second kappa shape index (κ2) is 9.30. The predicted octanol–water partition coefficient (Wildman–Crippen LogP) is 7.63. The summed E-state index contributed by atoms with van der Waals surface area (Å²) >= 11 is 0. The molecule has 178 valence electrons. The molecule has 0 unspecified atom stereocenters. The lowest BCUT2D eigenvalue weighted by atomic mass is 10.0. The second-order valence-corrected chi connectivity index (χ2v) is 9.23. The zero-order valence-corrected chi connectivity index (χ0v) is 20.3. The average Bonchev–Trinajstić information content (AvgIpc) is 3.66. The van der Waals surface area contributed by atoms with Gasteiger partial charge in [-0.15, -0.1) is 0 Å². The Kier molecular flexibility index (Phi) is 5.70. The smallest absolute Gasteiger partial charge is 0.116 e. The number of fused-ring (bicyclic) bond motifs is 2. The molecule has 6 heteroatoms. The lowest BCUT2D eigenvalue weighted by molar-refractivity contribution is 0.791.